The predicted octanol–water partition coefficient (Wildman–Crippen LogP) is 3.98. The predicted molar refractivity (Wildman–Crippen MR) is 116 cm³/mol. The SMILES string of the molecule is O=C(O)c1cccc(-n2c(C=Cc3ccc4c(c3)OCO4)nc3ccccc3c2=O)c1. The number of carboxylic acid groups (broad SMARTS) is 1. The molecule has 0 unspecified atom stereocenters. The van der Waals surface area contributed by atoms with Gasteiger partial charge in [-0.1, -0.05) is 30.3 Å². The highest BCUT2D eigenvalue weighted by Crippen LogP contribution is 2.33. The van der Waals surface area contributed by atoms with Crippen molar-refractivity contribution in [1.82, 2.24) is 9.55 Å². The van der Waals surface area contributed by atoms with Gasteiger partial charge in [-0.2, -0.15) is 0 Å². The van der Waals surface area contributed by atoms with Crippen molar-refractivity contribution in [3.8, 4) is 17.2 Å². The molecule has 0 atom stereocenters. The van der Waals surface area contributed by atoms with Gasteiger partial charge in [0.2, 0.25) is 6.79 Å². The van der Waals surface area contributed by atoms with E-state index in [1.165, 1.54) is 16.7 Å². The van der Waals surface area contributed by atoms with Gasteiger partial charge in [0.25, 0.3) is 5.56 Å². The Morgan fingerprint density at radius 2 is 1.81 bits per heavy atom. The molecule has 1 N–H and O–H groups in total. The first-order valence-corrected chi connectivity index (χ1v) is 9.53. The molecule has 2 heterocycles. The molecule has 0 bridgehead atoms. The molecule has 31 heavy (non-hydrogen) atoms. The van der Waals surface area contributed by atoms with Gasteiger partial charge in [-0.3, -0.25) is 9.36 Å². The van der Waals surface area contributed by atoms with Crippen molar-refractivity contribution in [1.29, 1.82) is 0 Å². The van der Waals surface area contributed by atoms with Gasteiger partial charge >= 0.3 is 5.97 Å². The fourth-order valence-corrected chi connectivity index (χ4v) is 3.48. The summed E-state index contributed by atoms with van der Waals surface area (Å²) in [4.78, 5) is 29.4. The Bertz CT molecular complexity index is 1420. The Morgan fingerprint density at radius 1 is 0.968 bits per heavy atom. The Hall–Kier alpha value is -4.39. The highest BCUT2D eigenvalue weighted by Gasteiger charge is 2.14. The molecule has 4 aromatic rings. The molecule has 0 amide bonds. The third-order valence-corrected chi connectivity index (χ3v) is 4.97. The van der Waals surface area contributed by atoms with E-state index in [2.05, 4.69) is 4.98 Å². The number of aromatic carboxylic acids is 1. The summed E-state index contributed by atoms with van der Waals surface area (Å²) in [6, 6.07) is 18.8. The quantitative estimate of drug-likeness (QED) is 0.545. The van der Waals surface area contributed by atoms with Crippen molar-refractivity contribution in [3.05, 3.63) is 94.0 Å². The van der Waals surface area contributed by atoms with Crippen LogP contribution in [0.4, 0.5) is 0 Å². The molecule has 0 radical (unpaired) electrons. The van der Waals surface area contributed by atoms with Crippen LogP contribution < -0.4 is 15.0 Å². The molecule has 0 saturated heterocycles. The molecular weight excluding hydrogens is 396 g/mol. The zero-order valence-corrected chi connectivity index (χ0v) is 16.2. The molecule has 1 aliphatic heterocycles. The van der Waals surface area contributed by atoms with E-state index in [-0.39, 0.29) is 17.9 Å². The van der Waals surface area contributed by atoms with Crippen molar-refractivity contribution < 1.29 is 19.4 Å². The summed E-state index contributed by atoms with van der Waals surface area (Å²) in [6.45, 7) is 0.189. The zero-order chi connectivity index (χ0) is 21.4. The van der Waals surface area contributed by atoms with Crippen molar-refractivity contribution >= 4 is 29.0 Å². The lowest BCUT2D eigenvalue weighted by molar-refractivity contribution is 0.0697. The Balaban J connectivity index is 1.68. The first-order valence-electron chi connectivity index (χ1n) is 9.53. The second kappa shape index (κ2) is 7.46. The number of rotatable bonds is 4. The van der Waals surface area contributed by atoms with Crippen LogP contribution in [0.2, 0.25) is 0 Å². The minimum Gasteiger partial charge on any atom is -0.478 e. The summed E-state index contributed by atoms with van der Waals surface area (Å²) in [7, 11) is 0. The van der Waals surface area contributed by atoms with Crippen molar-refractivity contribution in [2.45, 2.75) is 0 Å². The summed E-state index contributed by atoms with van der Waals surface area (Å²) in [5.74, 6) is 0.647. The van der Waals surface area contributed by atoms with Crippen LogP contribution in [-0.4, -0.2) is 27.4 Å². The van der Waals surface area contributed by atoms with Crippen molar-refractivity contribution in [3.63, 3.8) is 0 Å². The molecule has 1 aliphatic rings. The van der Waals surface area contributed by atoms with Gasteiger partial charge in [0.15, 0.2) is 11.5 Å². The Kier molecular flexibility index (Phi) is 4.48. The molecule has 1 aromatic heterocycles. The molecular formula is C24H16N2O5. The third-order valence-electron chi connectivity index (χ3n) is 4.97. The molecule has 0 aliphatic carbocycles. The molecule has 152 valence electrons. The lowest BCUT2D eigenvalue weighted by Crippen LogP contribution is -2.22. The van der Waals surface area contributed by atoms with Crippen LogP contribution in [0.5, 0.6) is 11.5 Å². The van der Waals surface area contributed by atoms with Gasteiger partial charge in [-0.15, -0.1) is 0 Å². The number of hydrogen-bond acceptors (Lipinski definition) is 5. The van der Waals surface area contributed by atoms with E-state index in [0.717, 1.165) is 5.56 Å². The summed E-state index contributed by atoms with van der Waals surface area (Å²) < 4.78 is 12.2. The van der Waals surface area contributed by atoms with Crippen LogP contribution in [0.15, 0.2) is 71.5 Å². The second-order valence-corrected chi connectivity index (χ2v) is 6.93. The topological polar surface area (TPSA) is 90.7 Å². The second-order valence-electron chi connectivity index (χ2n) is 6.93. The normalized spacial score (nSPS) is 12.5. The number of nitrogens with zero attached hydrogens (tertiary/aromatic N) is 2. The van der Waals surface area contributed by atoms with Gasteiger partial charge in [0.1, 0.15) is 5.82 Å². The number of carboxylic acids is 1. The van der Waals surface area contributed by atoms with Crippen LogP contribution >= 0.6 is 0 Å². The van der Waals surface area contributed by atoms with Crippen LogP contribution in [0, 0.1) is 0 Å². The summed E-state index contributed by atoms with van der Waals surface area (Å²) in [5.41, 5.74) is 1.64. The van der Waals surface area contributed by atoms with Crippen LogP contribution in [0.25, 0.3) is 28.7 Å². The molecule has 0 saturated carbocycles. The number of para-hydroxylation sites is 1. The smallest absolute Gasteiger partial charge is 0.335 e. The molecule has 7 nitrogen and oxygen atoms in total. The first-order chi connectivity index (χ1) is 15.1. The largest absolute Gasteiger partial charge is 0.478 e. The minimum absolute atomic E-state index is 0.0864. The van der Waals surface area contributed by atoms with Gasteiger partial charge in [-0.25, -0.2) is 9.78 Å². The van der Waals surface area contributed by atoms with E-state index in [9.17, 15) is 14.7 Å². The first kappa shape index (κ1) is 18.6. The highest BCUT2D eigenvalue weighted by molar-refractivity contribution is 5.88. The van der Waals surface area contributed by atoms with Crippen LogP contribution in [0.3, 0.4) is 0 Å². The number of carbonyl (C=O) groups is 1. The fraction of sp³-hybridized carbons (Fsp3) is 0.0417. The van der Waals surface area contributed by atoms with E-state index in [0.29, 0.717) is 33.9 Å². The maximum Gasteiger partial charge on any atom is 0.335 e. The zero-order valence-electron chi connectivity index (χ0n) is 16.2. The van der Waals surface area contributed by atoms with E-state index < -0.39 is 5.97 Å². The van der Waals surface area contributed by atoms with Gasteiger partial charge in [-0.05, 0) is 54.1 Å². The number of aromatic nitrogens is 2. The van der Waals surface area contributed by atoms with Crippen molar-refractivity contribution in [2.24, 2.45) is 0 Å². The minimum atomic E-state index is -1.07. The van der Waals surface area contributed by atoms with Crippen LogP contribution in [0.1, 0.15) is 21.7 Å². The monoisotopic (exact) mass is 412 g/mol. The van der Waals surface area contributed by atoms with E-state index in [4.69, 9.17) is 9.47 Å². The fourth-order valence-electron chi connectivity index (χ4n) is 3.48. The average Bonchev–Trinajstić information content (AvgIpc) is 3.26. The van der Waals surface area contributed by atoms with E-state index in [1.807, 2.05) is 30.3 Å². The van der Waals surface area contributed by atoms with E-state index in [1.54, 1.807) is 36.4 Å². The van der Waals surface area contributed by atoms with Crippen molar-refractivity contribution in [2.75, 3.05) is 6.79 Å². The molecule has 0 spiro atoms. The Labute approximate surface area is 176 Å². The maximum absolute atomic E-state index is 13.3. The molecule has 5 rings (SSSR count). The summed E-state index contributed by atoms with van der Waals surface area (Å²) in [5, 5.41) is 9.80. The number of ether oxygens (including phenoxy) is 2. The third kappa shape index (κ3) is 3.42. The Morgan fingerprint density at radius 3 is 2.68 bits per heavy atom. The number of benzene rings is 3. The molecule has 0 fully saturated rings. The summed E-state index contributed by atoms with van der Waals surface area (Å²) >= 11 is 0. The van der Waals surface area contributed by atoms with Crippen LogP contribution in [-0.2, 0) is 0 Å². The molecule has 3 aromatic carbocycles. The average molecular weight is 412 g/mol. The standard InChI is InChI=1S/C24H16N2O5/c27-23-18-6-1-2-7-19(18)25-22(26(23)17-5-3-4-16(13-17)24(28)29)11-9-15-8-10-20-21(12-15)31-14-30-20/h1-13H,14H2,(H,28,29). The highest BCUT2D eigenvalue weighted by atomic mass is 16.7. The van der Waals surface area contributed by atoms with Gasteiger partial charge < -0.3 is 14.6 Å². The maximum atomic E-state index is 13.3. The lowest BCUT2D eigenvalue weighted by atomic mass is 10.1. The van der Waals surface area contributed by atoms with Gasteiger partial charge in [0.05, 0.1) is 22.2 Å². The van der Waals surface area contributed by atoms with E-state index >= 15 is 0 Å². The molecule has 7 heteroatoms. The lowest BCUT2D eigenvalue weighted by Gasteiger charge is -2.12. The summed E-state index contributed by atoms with van der Waals surface area (Å²) in [6.07, 6.45) is 3.54. The number of hydrogen-bond donors (Lipinski definition) is 1. The number of fused-ring (bicyclic) bond motifs is 2. The van der Waals surface area contributed by atoms with Gasteiger partial charge in [0, 0.05) is 0 Å².